The first kappa shape index (κ1) is 18.4. The maximum atomic E-state index is 12.9. The van der Waals surface area contributed by atoms with Crippen LogP contribution in [0.1, 0.15) is 50.7 Å². The summed E-state index contributed by atoms with van der Waals surface area (Å²) in [5.74, 6) is -0.622. The highest BCUT2D eigenvalue weighted by atomic mass is 32.1. The summed E-state index contributed by atoms with van der Waals surface area (Å²) in [6.45, 7) is 0. The zero-order chi connectivity index (χ0) is 19.5. The second kappa shape index (κ2) is 7.98. The minimum absolute atomic E-state index is 0.0498. The summed E-state index contributed by atoms with van der Waals surface area (Å²) in [6.07, 6.45) is 3.15. The average molecular weight is 391 g/mol. The molecule has 2 aromatic carbocycles. The topological polar surface area (TPSA) is 72.2 Å². The lowest BCUT2D eigenvalue weighted by atomic mass is 9.88. The minimum Gasteiger partial charge on any atom is -0.365 e. The second-order valence-electron chi connectivity index (χ2n) is 7.05. The molecule has 1 heterocycles. The molecule has 3 aromatic rings. The van der Waals surface area contributed by atoms with Gasteiger partial charge in [0.25, 0.3) is 5.91 Å². The van der Waals surface area contributed by atoms with Crippen LogP contribution < -0.4 is 11.1 Å². The Morgan fingerprint density at radius 2 is 1.57 bits per heavy atom. The Morgan fingerprint density at radius 3 is 2.14 bits per heavy atom. The molecule has 3 N–H and O–H groups in total. The molecule has 142 valence electrons. The Bertz CT molecular complexity index is 957. The van der Waals surface area contributed by atoms with Crippen molar-refractivity contribution in [1.29, 1.82) is 0 Å². The van der Waals surface area contributed by atoms with Crippen LogP contribution in [-0.2, 0) is 17.6 Å². The number of hydrogen-bond acceptors (Lipinski definition) is 3. The lowest BCUT2D eigenvalue weighted by Crippen LogP contribution is -2.19. The van der Waals surface area contributed by atoms with Gasteiger partial charge in [0.15, 0.2) is 0 Å². The number of aryl methyl sites for hydroxylation is 1. The fourth-order valence-electron chi connectivity index (χ4n) is 3.91. The van der Waals surface area contributed by atoms with Crippen LogP contribution in [0.5, 0.6) is 0 Å². The van der Waals surface area contributed by atoms with Crippen LogP contribution in [0.4, 0.5) is 5.00 Å². The average Bonchev–Trinajstić information content (AvgIpc) is 3.28. The fraction of sp³-hybridized carbons (Fsp3) is 0.217. The zero-order valence-corrected chi connectivity index (χ0v) is 16.3. The summed E-state index contributed by atoms with van der Waals surface area (Å²) in [5.41, 5.74) is 9.31. The van der Waals surface area contributed by atoms with Gasteiger partial charge in [0, 0.05) is 17.2 Å². The van der Waals surface area contributed by atoms with Crippen LogP contribution in [-0.4, -0.2) is 11.8 Å². The third-order valence-corrected chi connectivity index (χ3v) is 6.42. The number of nitrogens with two attached hydrogens (primary N) is 1. The molecule has 0 bridgehead atoms. The van der Waals surface area contributed by atoms with Crippen LogP contribution in [0.2, 0.25) is 0 Å². The molecule has 28 heavy (non-hydrogen) atoms. The van der Waals surface area contributed by atoms with Gasteiger partial charge in [-0.25, -0.2) is 0 Å². The van der Waals surface area contributed by atoms with Crippen molar-refractivity contribution in [2.75, 3.05) is 5.32 Å². The largest absolute Gasteiger partial charge is 0.365 e. The maximum Gasteiger partial charge on any atom is 0.251 e. The Balaban J connectivity index is 1.59. The lowest BCUT2D eigenvalue weighted by Gasteiger charge is -2.18. The van der Waals surface area contributed by atoms with Gasteiger partial charge >= 0.3 is 0 Å². The van der Waals surface area contributed by atoms with E-state index in [1.54, 1.807) is 0 Å². The van der Waals surface area contributed by atoms with Gasteiger partial charge in [0.05, 0.1) is 5.56 Å². The number of carbonyl (C=O) groups is 2. The molecule has 2 amide bonds. The maximum absolute atomic E-state index is 12.9. The quantitative estimate of drug-likeness (QED) is 0.651. The number of thiophene rings is 1. The molecule has 0 atom stereocenters. The predicted molar refractivity (Wildman–Crippen MR) is 113 cm³/mol. The molecular weight excluding hydrogens is 368 g/mol. The van der Waals surface area contributed by atoms with Crippen molar-refractivity contribution in [2.24, 2.45) is 5.73 Å². The van der Waals surface area contributed by atoms with E-state index in [0.29, 0.717) is 17.0 Å². The molecule has 0 saturated carbocycles. The first-order chi connectivity index (χ1) is 13.6. The molecule has 0 saturated heterocycles. The molecule has 0 aliphatic heterocycles. The molecule has 1 aliphatic carbocycles. The summed E-state index contributed by atoms with van der Waals surface area (Å²) >= 11 is 1.49. The molecule has 0 radical (unpaired) electrons. The van der Waals surface area contributed by atoms with Crippen molar-refractivity contribution in [3.63, 3.8) is 0 Å². The lowest BCUT2D eigenvalue weighted by molar-refractivity contribution is -0.116. The van der Waals surface area contributed by atoms with Gasteiger partial charge in [-0.15, -0.1) is 11.3 Å². The SMILES string of the molecule is NC(=O)c1c(NC(=O)CC(c2ccccc2)c2ccccc2)sc2c1CCC2. The number of anilines is 1. The summed E-state index contributed by atoms with van der Waals surface area (Å²) in [4.78, 5) is 26.1. The van der Waals surface area contributed by atoms with E-state index in [0.717, 1.165) is 36.0 Å². The van der Waals surface area contributed by atoms with E-state index in [1.807, 2.05) is 60.7 Å². The van der Waals surface area contributed by atoms with E-state index >= 15 is 0 Å². The number of rotatable bonds is 6. The molecule has 4 rings (SSSR count). The summed E-state index contributed by atoms with van der Waals surface area (Å²) in [5, 5.41) is 3.57. The van der Waals surface area contributed by atoms with Crippen molar-refractivity contribution < 1.29 is 9.59 Å². The van der Waals surface area contributed by atoms with Gasteiger partial charge in [-0.1, -0.05) is 60.7 Å². The molecule has 0 unspecified atom stereocenters. The van der Waals surface area contributed by atoms with Crippen molar-refractivity contribution in [3.8, 4) is 0 Å². The van der Waals surface area contributed by atoms with E-state index in [2.05, 4.69) is 5.32 Å². The smallest absolute Gasteiger partial charge is 0.251 e. The monoisotopic (exact) mass is 390 g/mol. The van der Waals surface area contributed by atoms with Crippen LogP contribution in [0.3, 0.4) is 0 Å². The highest BCUT2D eigenvalue weighted by molar-refractivity contribution is 7.17. The van der Waals surface area contributed by atoms with Gasteiger partial charge in [0.2, 0.25) is 5.91 Å². The third-order valence-electron chi connectivity index (χ3n) is 5.21. The van der Waals surface area contributed by atoms with Gasteiger partial charge in [0.1, 0.15) is 5.00 Å². The van der Waals surface area contributed by atoms with Gasteiger partial charge < -0.3 is 11.1 Å². The number of hydrogen-bond donors (Lipinski definition) is 2. The first-order valence-corrected chi connectivity index (χ1v) is 10.3. The first-order valence-electron chi connectivity index (χ1n) is 9.47. The molecular formula is C23H22N2O2S. The molecule has 4 nitrogen and oxygen atoms in total. The van der Waals surface area contributed by atoms with Gasteiger partial charge in [-0.3, -0.25) is 9.59 Å². The number of carbonyl (C=O) groups excluding carboxylic acids is 2. The van der Waals surface area contributed by atoms with Gasteiger partial charge in [-0.05, 0) is 36.0 Å². The van der Waals surface area contributed by atoms with Crippen LogP contribution in [0, 0.1) is 0 Å². The van der Waals surface area contributed by atoms with Crippen LogP contribution in [0.15, 0.2) is 60.7 Å². The highest BCUT2D eigenvalue weighted by Gasteiger charge is 2.27. The Morgan fingerprint density at radius 1 is 0.964 bits per heavy atom. The molecule has 0 fully saturated rings. The van der Waals surface area contributed by atoms with Crippen LogP contribution >= 0.6 is 11.3 Å². The van der Waals surface area contributed by atoms with Crippen molar-refractivity contribution in [2.45, 2.75) is 31.6 Å². The van der Waals surface area contributed by atoms with Crippen LogP contribution in [0.25, 0.3) is 0 Å². The number of amides is 2. The molecule has 1 aromatic heterocycles. The number of primary amides is 1. The number of benzene rings is 2. The second-order valence-corrected chi connectivity index (χ2v) is 8.16. The Hall–Kier alpha value is -2.92. The Kier molecular flexibility index (Phi) is 5.26. The molecule has 5 heteroatoms. The summed E-state index contributed by atoms with van der Waals surface area (Å²) < 4.78 is 0. The normalized spacial score (nSPS) is 12.8. The standard InChI is InChI=1S/C23H22N2O2S/c24-22(27)21-17-12-7-13-19(17)28-23(21)25-20(26)14-18(15-8-3-1-4-9-15)16-10-5-2-6-11-16/h1-6,8-11,18H,7,12-14H2,(H2,24,27)(H,25,26). The molecule has 1 aliphatic rings. The third kappa shape index (κ3) is 3.71. The van der Waals surface area contributed by atoms with Crippen molar-refractivity contribution in [1.82, 2.24) is 0 Å². The minimum atomic E-state index is -0.461. The van der Waals surface area contributed by atoms with Crippen molar-refractivity contribution in [3.05, 3.63) is 87.8 Å². The highest BCUT2D eigenvalue weighted by Crippen LogP contribution is 2.39. The van der Waals surface area contributed by atoms with E-state index in [1.165, 1.54) is 16.2 Å². The summed E-state index contributed by atoms with van der Waals surface area (Å²) in [7, 11) is 0. The number of fused-ring (bicyclic) bond motifs is 1. The van der Waals surface area contributed by atoms with Gasteiger partial charge in [-0.2, -0.15) is 0 Å². The van der Waals surface area contributed by atoms with E-state index in [4.69, 9.17) is 5.73 Å². The Labute approximate surface area is 168 Å². The fourth-order valence-corrected chi connectivity index (χ4v) is 5.23. The van der Waals surface area contributed by atoms with Crippen molar-refractivity contribution >= 4 is 28.2 Å². The van der Waals surface area contributed by atoms with E-state index < -0.39 is 5.91 Å². The predicted octanol–water partition coefficient (Wildman–Crippen LogP) is 4.50. The summed E-state index contributed by atoms with van der Waals surface area (Å²) in [6, 6.07) is 20.0. The number of nitrogens with one attached hydrogen (secondary N) is 1. The van der Waals surface area contributed by atoms with E-state index in [-0.39, 0.29) is 11.8 Å². The van der Waals surface area contributed by atoms with E-state index in [9.17, 15) is 9.59 Å². The zero-order valence-electron chi connectivity index (χ0n) is 15.5. The molecule has 0 spiro atoms.